The molecule has 3 heterocycles. The second-order valence-electron chi connectivity index (χ2n) is 8.98. The van der Waals surface area contributed by atoms with E-state index in [0.717, 1.165) is 24.8 Å². The number of nitrogens with zero attached hydrogens (tertiary/aromatic N) is 1. The number of halogens is 1. The van der Waals surface area contributed by atoms with Gasteiger partial charge in [0.1, 0.15) is 5.52 Å². The van der Waals surface area contributed by atoms with E-state index < -0.39 is 15.7 Å². The molecule has 4 fully saturated rings. The molecule has 0 atom stereocenters. The van der Waals surface area contributed by atoms with Gasteiger partial charge in [0.2, 0.25) is 20.8 Å². The van der Waals surface area contributed by atoms with Gasteiger partial charge >= 0.3 is 0 Å². The summed E-state index contributed by atoms with van der Waals surface area (Å²) >= 11 is 6.02. The van der Waals surface area contributed by atoms with Crippen LogP contribution in [0.1, 0.15) is 35.7 Å². The van der Waals surface area contributed by atoms with Gasteiger partial charge < -0.3 is 18.9 Å². The summed E-state index contributed by atoms with van der Waals surface area (Å²) in [5.41, 5.74) is 0.925. The third-order valence-corrected chi connectivity index (χ3v) is 8.46. The Balaban J connectivity index is 1.12. The lowest BCUT2D eigenvalue weighted by atomic mass is 9.39. The van der Waals surface area contributed by atoms with Crippen LogP contribution in [0, 0.1) is 5.92 Å². The number of hydrogen-bond acceptors (Lipinski definition) is 7. The molecular weight excluding hydrogens is 444 g/mol. The van der Waals surface area contributed by atoms with Gasteiger partial charge in [-0.15, -0.1) is 0 Å². The standard InChI is InChI=1S/C21H19ClN2O6S/c22-13-1-2-15-14(5-13)23-19(30-15)20-9-21(10-20,11-20)24-18(25)16-3-4-17(29-16)31(26,27)8-12-6-28-7-12/h1-5,12H,6-11H2,(H,24,25). The van der Waals surface area contributed by atoms with Crippen molar-refractivity contribution in [1.82, 2.24) is 10.3 Å². The maximum absolute atomic E-state index is 12.7. The summed E-state index contributed by atoms with van der Waals surface area (Å²) in [4.78, 5) is 17.2. The molecule has 7 rings (SSSR count). The maximum atomic E-state index is 12.7. The van der Waals surface area contributed by atoms with Crippen molar-refractivity contribution in [2.75, 3.05) is 19.0 Å². The summed E-state index contributed by atoms with van der Waals surface area (Å²) < 4.78 is 41.2. The quantitative estimate of drug-likeness (QED) is 0.599. The predicted octanol–water partition coefficient (Wildman–Crippen LogP) is 3.10. The lowest BCUT2D eigenvalue weighted by Crippen LogP contribution is -2.76. The molecule has 1 N–H and O–H groups in total. The number of benzene rings is 1. The van der Waals surface area contributed by atoms with E-state index in [-0.39, 0.29) is 33.5 Å². The van der Waals surface area contributed by atoms with Crippen LogP contribution in [-0.4, -0.2) is 43.8 Å². The van der Waals surface area contributed by atoms with E-state index in [2.05, 4.69) is 10.3 Å². The molecule has 0 spiro atoms. The van der Waals surface area contributed by atoms with Gasteiger partial charge in [-0.3, -0.25) is 4.79 Å². The highest BCUT2D eigenvalue weighted by atomic mass is 35.5. The number of sulfone groups is 1. The first-order chi connectivity index (χ1) is 14.8. The van der Waals surface area contributed by atoms with E-state index in [9.17, 15) is 13.2 Å². The van der Waals surface area contributed by atoms with E-state index >= 15 is 0 Å². The van der Waals surface area contributed by atoms with Crippen molar-refractivity contribution in [3.8, 4) is 0 Å². The van der Waals surface area contributed by atoms with E-state index in [1.54, 1.807) is 18.2 Å². The Bertz CT molecular complexity index is 1300. The van der Waals surface area contributed by atoms with Gasteiger partial charge in [-0.05, 0) is 49.6 Å². The monoisotopic (exact) mass is 462 g/mol. The van der Waals surface area contributed by atoms with E-state index in [1.165, 1.54) is 12.1 Å². The maximum Gasteiger partial charge on any atom is 0.287 e. The topological polar surface area (TPSA) is 112 Å². The lowest BCUT2D eigenvalue weighted by Gasteiger charge is -2.68. The number of oxazole rings is 1. The first kappa shape index (κ1) is 19.3. The lowest BCUT2D eigenvalue weighted by molar-refractivity contribution is -0.0958. The molecule has 2 aromatic heterocycles. The van der Waals surface area contributed by atoms with Crippen molar-refractivity contribution in [2.45, 2.75) is 35.3 Å². The Kier molecular flexibility index (Phi) is 3.95. The number of nitrogens with one attached hydrogen (secondary N) is 1. The zero-order valence-corrected chi connectivity index (χ0v) is 18.0. The minimum atomic E-state index is -3.58. The Morgan fingerprint density at radius 2 is 1.94 bits per heavy atom. The molecule has 31 heavy (non-hydrogen) atoms. The van der Waals surface area contributed by atoms with Gasteiger partial charge in [0.05, 0.1) is 24.4 Å². The number of rotatable bonds is 6. The summed E-state index contributed by atoms with van der Waals surface area (Å²) in [6.45, 7) is 0.870. The fourth-order valence-electron chi connectivity index (χ4n) is 4.96. The van der Waals surface area contributed by atoms with Crippen molar-refractivity contribution in [1.29, 1.82) is 0 Å². The molecule has 3 saturated carbocycles. The number of amides is 1. The van der Waals surface area contributed by atoms with Gasteiger partial charge in [-0.1, -0.05) is 11.6 Å². The largest absolute Gasteiger partial charge is 0.440 e. The molecule has 1 aromatic carbocycles. The van der Waals surface area contributed by atoms with Crippen molar-refractivity contribution in [3.63, 3.8) is 0 Å². The molecule has 3 aromatic rings. The fraction of sp³-hybridized carbons (Fsp3) is 0.429. The molecular formula is C21H19ClN2O6S. The van der Waals surface area contributed by atoms with Crippen LogP contribution < -0.4 is 5.32 Å². The van der Waals surface area contributed by atoms with Gasteiger partial charge in [0.15, 0.2) is 11.3 Å². The predicted molar refractivity (Wildman–Crippen MR) is 110 cm³/mol. The number of carbonyl (C=O) groups is 1. The van der Waals surface area contributed by atoms with Crippen LogP contribution >= 0.6 is 11.6 Å². The first-order valence-corrected chi connectivity index (χ1v) is 12.1. The van der Waals surface area contributed by atoms with Crippen LogP contribution in [0.15, 0.2) is 44.3 Å². The average Bonchev–Trinajstić information content (AvgIpc) is 3.27. The summed E-state index contributed by atoms with van der Waals surface area (Å²) in [5, 5.41) is 3.43. The smallest absolute Gasteiger partial charge is 0.287 e. The fourth-order valence-corrected chi connectivity index (χ4v) is 6.60. The van der Waals surface area contributed by atoms with Gasteiger partial charge in [0.25, 0.3) is 5.91 Å². The zero-order chi connectivity index (χ0) is 21.4. The highest BCUT2D eigenvalue weighted by Gasteiger charge is 2.71. The molecule has 3 aliphatic carbocycles. The Morgan fingerprint density at radius 1 is 1.16 bits per heavy atom. The molecule has 4 aliphatic rings. The first-order valence-electron chi connectivity index (χ1n) is 10.1. The highest BCUT2D eigenvalue weighted by molar-refractivity contribution is 7.91. The number of hydrogen-bond donors (Lipinski definition) is 1. The summed E-state index contributed by atoms with van der Waals surface area (Å²) in [7, 11) is -3.58. The number of fused-ring (bicyclic) bond motifs is 1. The minimum Gasteiger partial charge on any atom is -0.440 e. The Morgan fingerprint density at radius 3 is 2.65 bits per heavy atom. The van der Waals surface area contributed by atoms with E-state index in [4.69, 9.17) is 25.2 Å². The Hall–Kier alpha value is -2.36. The third-order valence-electron chi connectivity index (χ3n) is 6.49. The number of furan rings is 1. The summed E-state index contributed by atoms with van der Waals surface area (Å²) in [6.07, 6.45) is 2.17. The van der Waals surface area contributed by atoms with Crippen LogP contribution in [0.25, 0.3) is 11.1 Å². The molecule has 1 saturated heterocycles. The summed E-state index contributed by atoms with van der Waals surface area (Å²) in [5.74, 6) is 0.202. The normalized spacial score (nSPS) is 27.4. The summed E-state index contributed by atoms with van der Waals surface area (Å²) in [6, 6.07) is 8.09. The van der Waals surface area contributed by atoms with Crippen molar-refractivity contribution >= 4 is 38.4 Å². The van der Waals surface area contributed by atoms with Gasteiger partial charge in [-0.25, -0.2) is 13.4 Å². The molecule has 1 aliphatic heterocycles. The second-order valence-corrected chi connectivity index (χ2v) is 11.4. The van der Waals surface area contributed by atoms with Gasteiger partial charge in [0, 0.05) is 16.5 Å². The van der Waals surface area contributed by atoms with Crippen molar-refractivity contribution < 1.29 is 26.8 Å². The van der Waals surface area contributed by atoms with Crippen LogP contribution in [0.5, 0.6) is 0 Å². The zero-order valence-electron chi connectivity index (χ0n) is 16.4. The average molecular weight is 463 g/mol. The van der Waals surface area contributed by atoms with Gasteiger partial charge in [-0.2, -0.15) is 0 Å². The van der Waals surface area contributed by atoms with Crippen LogP contribution in [0.3, 0.4) is 0 Å². The molecule has 0 radical (unpaired) electrons. The third kappa shape index (κ3) is 3.01. The number of carbonyl (C=O) groups excluding carboxylic acids is 1. The van der Waals surface area contributed by atoms with Crippen molar-refractivity contribution in [3.05, 3.63) is 47.0 Å². The van der Waals surface area contributed by atoms with E-state index in [1.807, 2.05) is 0 Å². The van der Waals surface area contributed by atoms with Crippen molar-refractivity contribution in [2.24, 2.45) is 5.92 Å². The molecule has 8 nitrogen and oxygen atoms in total. The molecule has 10 heteroatoms. The van der Waals surface area contributed by atoms with Crippen LogP contribution in [-0.2, 0) is 20.0 Å². The molecule has 1 amide bonds. The Labute approximate surface area is 182 Å². The second kappa shape index (κ2) is 6.34. The molecule has 2 bridgehead atoms. The SMILES string of the molecule is O=C(NC12CC(c3nc4cc(Cl)ccc4o3)(C1)C2)c1ccc(S(=O)(=O)CC2COC2)o1. The molecule has 162 valence electrons. The number of aromatic nitrogens is 1. The van der Waals surface area contributed by atoms with E-state index in [0.29, 0.717) is 29.7 Å². The number of ether oxygens (including phenoxy) is 1. The highest BCUT2D eigenvalue weighted by Crippen LogP contribution is 2.67. The van der Waals surface area contributed by atoms with Crippen LogP contribution in [0.4, 0.5) is 0 Å². The molecule has 0 unspecified atom stereocenters. The van der Waals surface area contributed by atoms with Crippen LogP contribution in [0.2, 0.25) is 5.02 Å². The minimum absolute atomic E-state index is 0.00119.